The predicted octanol–water partition coefficient (Wildman–Crippen LogP) is 5.61. The van der Waals surface area contributed by atoms with Crippen molar-refractivity contribution in [1.29, 1.82) is 0 Å². The van der Waals surface area contributed by atoms with Crippen LogP contribution in [-0.4, -0.2) is 16.6 Å². The Morgan fingerprint density at radius 2 is 1.67 bits per heavy atom. The van der Waals surface area contributed by atoms with Gasteiger partial charge in [0, 0.05) is 18.8 Å². The van der Waals surface area contributed by atoms with Gasteiger partial charge in [0.15, 0.2) is 5.11 Å². The SMILES string of the molecule is CCCCN(Cc1ccccc1)C(=S)Nc1c(C)cc(C)cc1C. The van der Waals surface area contributed by atoms with Gasteiger partial charge in [-0.25, -0.2) is 0 Å². The Hall–Kier alpha value is -1.87. The van der Waals surface area contributed by atoms with E-state index in [2.05, 4.69) is 80.4 Å². The molecule has 0 bridgehead atoms. The number of hydrogen-bond acceptors (Lipinski definition) is 1. The predicted molar refractivity (Wildman–Crippen MR) is 109 cm³/mol. The van der Waals surface area contributed by atoms with Crippen molar-refractivity contribution < 1.29 is 0 Å². The van der Waals surface area contributed by atoms with Crippen LogP contribution in [0.3, 0.4) is 0 Å². The maximum atomic E-state index is 5.74. The van der Waals surface area contributed by atoms with E-state index in [1.165, 1.54) is 22.3 Å². The van der Waals surface area contributed by atoms with E-state index >= 15 is 0 Å². The van der Waals surface area contributed by atoms with Gasteiger partial charge in [-0.3, -0.25) is 0 Å². The summed E-state index contributed by atoms with van der Waals surface area (Å²) in [5.41, 5.74) is 6.19. The highest BCUT2D eigenvalue weighted by Gasteiger charge is 2.12. The second-order valence-electron chi connectivity index (χ2n) is 6.46. The highest BCUT2D eigenvalue weighted by Crippen LogP contribution is 2.22. The molecular weight excluding hydrogens is 312 g/mol. The summed E-state index contributed by atoms with van der Waals surface area (Å²) in [5.74, 6) is 0. The van der Waals surface area contributed by atoms with E-state index in [0.29, 0.717) is 0 Å². The Labute approximate surface area is 151 Å². The molecule has 0 atom stereocenters. The molecular formula is C21H28N2S. The van der Waals surface area contributed by atoms with Crippen LogP contribution in [0.4, 0.5) is 5.69 Å². The van der Waals surface area contributed by atoms with Gasteiger partial charge in [0.1, 0.15) is 0 Å². The first-order valence-electron chi connectivity index (χ1n) is 8.69. The molecule has 0 aliphatic heterocycles. The maximum Gasteiger partial charge on any atom is 0.173 e. The number of thiocarbonyl (C=S) groups is 1. The van der Waals surface area contributed by atoms with Crippen LogP contribution in [0.5, 0.6) is 0 Å². The minimum Gasteiger partial charge on any atom is -0.345 e. The minimum atomic E-state index is 0.808. The van der Waals surface area contributed by atoms with Crippen LogP contribution in [0.2, 0.25) is 0 Å². The molecule has 0 unspecified atom stereocenters. The molecule has 0 amide bonds. The molecule has 2 aromatic carbocycles. The van der Waals surface area contributed by atoms with Crippen LogP contribution in [0.1, 0.15) is 42.0 Å². The van der Waals surface area contributed by atoms with Crippen LogP contribution in [-0.2, 0) is 6.54 Å². The molecule has 0 heterocycles. The average Bonchev–Trinajstić information content (AvgIpc) is 2.55. The molecule has 3 heteroatoms. The molecule has 24 heavy (non-hydrogen) atoms. The molecule has 1 N–H and O–H groups in total. The largest absolute Gasteiger partial charge is 0.345 e. The van der Waals surface area contributed by atoms with Gasteiger partial charge in [0.2, 0.25) is 0 Å². The normalized spacial score (nSPS) is 10.5. The first-order chi connectivity index (χ1) is 11.5. The Morgan fingerprint density at radius 3 is 2.25 bits per heavy atom. The van der Waals surface area contributed by atoms with Crippen molar-refractivity contribution in [2.45, 2.75) is 47.1 Å². The van der Waals surface area contributed by atoms with Crippen LogP contribution in [0, 0.1) is 20.8 Å². The summed E-state index contributed by atoms with van der Waals surface area (Å²) in [6.45, 7) is 10.4. The highest BCUT2D eigenvalue weighted by atomic mass is 32.1. The highest BCUT2D eigenvalue weighted by molar-refractivity contribution is 7.80. The Balaban J connectivity index is 2.15. The molecule has 0 spiro atoms. The Morgan fingerprint density at radius 1 is 1.04 bits per heavy atom. The number of rotatable bonds is 6. The van der Waals surface area contributed by atoms with Crippen molar-refractivity contribution in [3.05, 3.63) is 64.7 Å². The molecule has 2 nitrogen and oxygen atoms in total. The number of nitrogens with one attached hydrogen (secondary N) is 1. The van der Waals surface area contributed by atoms with Gasteiger partial charge in [-0.2, -0.15) is 0 Å². The second-order valence-corrected chi connectivity index (χ2v) is 6.85. The number of nitrogens with zero attached hydrogens (tertiary/aromatic N) is 1. The lowest BCUT2D eigenvalue weighted by atomic mass is 10.1. The summed E-state index contributed by atoms with van der Waals surface area (Å²) >= 11 is 5.74. The van der Waals surface area contributed by atoms with E-state index in [1.807, 2.05) is 0 Å². The zero-order valence-electron chi connectivity index (χ0n) is 15.2. The summed E-state index contributed by atoms with van der Waals surface area (Å²) in [6.07, 6.45) is 2.30. The number of anilines is 1. The summed E-state index contributed by atoms with van der Waals surface area (Å²) in [4.78, 5) is 2.27. The lowest BCUT2D eigenvalue weighted by Crippen LogP contribution is -2.35. The molecule has 0 aliphatic carbocycles. The first-order valence-corrected chi connectivity index (χ1v) is 9.09. The van der Waals surface area contributed by atoms with Gasteiger partial charge in [0.05, 0.1) is 0 Å². The molecule has 0 aliphatic rings. The number of aryl methyl sites for hydroxylation is 3. The second kappa shape index (κ2) is 8.84. The third-order valence-electron chi connectivity index (χ3n) is 4.19. The zero-order chi connectivity index (χ0) is 17.5. The van der Waals surface area contributed by atoms with Crippen molar-refractivity contribution in [3.8, 4) is 0 Å². The molecule has 128 valence electrons. The third kappa shape index (κ3) is 5.07. The molecule has 2 aromatic rings. The van der Waals surface area contributed by atoms with Gasteiger partial charge in [-0.15, -0.1) is 0 Å². The maximum absolute atomic E-state index is 5.74. The summed E-state index contributed by atoms with van der Waals surface area (Å²) in [5, 5.41) is 4.30. The van der Waals surface area contributed by atoms with E-state index in [9.17, 15) is 0 Å². The molecule has 0 saturated heterocycles. The fraction of sp³-hybridized carbons (Fsp3) is 0.381. The van der Waals surface area contributed by atoms with Gasteiger partial charge in [0.25, 0.3) is 0 Å². The monoisotopic (exact) mass is 340 g/mol. The van der Waals surface area contributed by atoms with E-state index < -0.39 is 0 Å². The standard InChI is InChI=1S/C21H28N2S/c1-5-6-12-23(15-19-10-8-7-9-11-19)21(24)22-20-17(3)13-16(2)14-18(20)4/h7-11,13-14H,5-6,12,15H2,1-4H3,(H,22,24). The fourth-order valence-corrected chi connectivity index (χ4v) is 3.23. The summed E-state index contributed by atoms with van der Waals surface area (Å²) in [6, 6.07) is 14.9. The molecule has 0 radical (unpaired) electrons. The van der Waals surface area contributed by atoms with Crippen LogP contribution in [0.15, 0.2) is 42.5 Å². The van der Waals surface area contributed by atoms with Crippen molar-refractivity contribution in [2.24, 2.45) is 0 Å². The van der Waals surface area contributed by atoms with Gasteiger partial charge in [-0.1, -0.05) is 61.4 Å². The minimum absolute atomic E-state index is 0.808. The van der Waals surface area contributed by atoms with E-state index in [-0.39, 0.29) is 0 Å². The van der Waals surface area contributed by atoms with Crippen molar-refractivity contribution in [2.75, 3.05) is 11.9 Å². The third-order valence-corrected chi connectivity index (χ3v) is 4.55. The molecule has 0 aromatic heterocycles. The first kappa shape index (κ1) is 18.5. The van der Waals surface area contributed by atoms with Gasteiger partial charge in [-0.05, 0) is 56.1 Å². The van der Waals surface area contributed by atoms with E-state index in [4.69, 9.17) is 12.2 Å². The average molecular weight is 341 g/mol. The quantitative estimate of drug-likeness (QED) is 0.688. The molecule has 2 rings (SSSR count). The van der Waals surface area contributed by atoms with Gasteiger partial charge >= 0.3 is 0 Å². The summed E-state index contributed by atoms with van der Waals surface area (Å²) < 4.78 is 0. The van der Waals surface area contributed by atoms with Crippen LogP contribution < -0.4 is 5.32 Å². The summed E-state index contributed by atoms with van der Waals surface area (Å²) in [7, 11) is 0. The van der Waals surface area contributed by atoms with Crippen LogP contribution in [0.25, 0.3) is 0 Å². The van der Waals surface area contributed by atoms with E-state index in [0.717, 1.165) is 36.7 Å². The van der Waals surface area contributed by atoms with Crippen LogP contribution >= 0.6 is 12.2 Å². The lowest BCUT2D eigenvalue weighted by Gasteiger charge is -2.27. The number of unbranched alkanes of at least 4 members (excludes halogenated alkanes) is 1. The van der Waals surface area contributed by atoms with Gasteiger partial charge < -0.3 is 10.2 Å². The topological polar surface area (TPSA) is 15.3 Å². The Bertz CT molecular complexity index is 656. The van der Waals surface area contributed by atoms with Crippen molar-refractivity contribution in [3.63, 3.8) is 0 Å². The lowest BCUT2D eigenvalue weighted by molar-refractivity contribution is 0.408. The Kier molecular flexibility index (Phi) is 6.80. The zero-order valence-corrected chi connectivity index (χ0v) is 16.0. The fourth-order valence-electron chi connectivity index (χ4n) is 2.97. The van der Waals surface area contributed by atoms with E-state index in [1.54, 1.807) is 0 Å². The smallest absolute Gasteiger partial charge is 0.173 e. The number of hydrogen-bond donors (Lipinski definition) is 1. The molecule has 0 fully saturated rings. The van der Waals surface area contributed by atoms with Crippen molar-refractivity contribution >= 4 is 23.0 Å². The van der Waals surface area contributed by atoms with Crippen molar-refractivity contribution in [1.82, 2.24) is 4.90 Å². The number of benzene rings is 2. The molecule has 0 saturated carbocycles.